The molecule has 0 aromatic heterocycles. The number of likely N-dealkylation sites (tertiary alicyclic amines) is 1. The number of ether oxygens (including phenoxy) is 1. The minimum Gasteiger partial charge on any atom is -0.453 e. The smallest absolute Gasteiger partial charge is 0.409 e. The van der Waals surface area contributed by atoms with Crippen LogP contribution in [0.5, 0.6) is 0 Å². The maximum Gasteiger partial charge on any atom is 0.409 e. The lowest BCUT2D eigenvalue weighted by Gasteiger charge is -2.32. The van der Waals surface area contributed by atoms with E-state index >= 15 is 0 Å². The van der Waals surface area contributed by atoms with Crippen molar-refractivity contribution < 1.29 is 14.3 Å². The summed E-state index contributed by atoms with van der Waals surface area (Å²) in [5.74, 6) is 0. The highest BCUT2D eigenvalue weighted by atomic mass is 16.5. The maximum absolute atomic E-state index is 11.9. The van der Waals surface area contributed by atoms with Crippen molar-refractivity contribution in [3.63, 3.8) is 0 Å². The van der Waals surface area contributed by atoms with Crippen LogP contribution in [-0.4, -0.2) is 49.8 Å². The molecule has 6 heteroatoms. The van der Waals surface area contributed by atoms with Gasteiger partial charge in [-0.3, -0.25) is 0 Å². The summed E-state index contributed by atoms with van der Waals surface area (Å²) in [6, 6.07) is 9.80. The van der Waals surface area contributed by atoms with E-state index in [1.807, 2.05) is 30.3 Å². The van der Waals surface area contributed by atoms with Gasteiger partial charge < -0.3 is 20.3 Å². The van der Waals surface area contributed by atoms with E-state index in [0.29, 0.717) is 19.6 Å². The number of urea groups is 1. The zero-order chi connectivity index (χ0) is 15.8. The highest BCUT2D eigenvalue weighted by molar-refractivity contribution is 5.74. The van der Waals surface area contributed by atoms with Crippen molar-refractivity contribution in [3.8, 4) is 0 Å². The van der Waals surface area contributed by atoms with Crippen molar-refractivity contribution in [1.82, 2.24) is 15.5 Å². The molecule has 0 unspecified atom stereocenters. The second-order valence-corrected chi connectivity index (χ2v) is 5.39. The monoisotopic (exact) mass is 305 g/mol. The molecular weight excluding hydrogens is 282 g/mol. The van der Waals surface area contributed by atoms with E-state index in [1.165, 1.54) is 12.7 Å². The molecule has 0 radical (unpaired) electrons. The first kappa shape index (κ1) is 16.1. The standard InChI is InChI=1S/C16H23N3O3/c1-22-16(21)19-11-5-8-14(12-19)18-15(20)17-10-9-13-6-3-2-4-7-13/h2-4,6-7,14H,5,8-12H2,1H3,(H2,17,18,20)/t14-/m0/s1. The van der Waals surface area contributed by atoms with Crippen LogP contribution in [0.2, 0.25) is 0 Å². The Morgan fingerprint density at radius 1 is 1.32 bits per heavy atom. The number of rotatable bonds is 4. The summed E-state index contributed by atoms with van der Waals surface area (Å²) in [7, 11) is 1.37. The Morgan fingerprint density at radius 3 is 2.82 bits per heavy atom. The molecule has 3 amide bonds. The summed E-state index contributed by atoms with van der Waals surface area (Å²) in [6.45, 7) is 1.77. The van der Waals surface area contributed by atoms with E-state index in [1.54, 1.807) is 4.90 Å². The van der Waals surface area contributed by atoms with E-state index in [9.17, 15) is 9.59 Å². The number of benzene rings is 1. The van der Waals surface area contributed by atoms with Gasteiger partial charge in [0.2, 0.25) is 0 Å². The van der Waals surface area contributed by atoms with Gasteiger partial charge in [0.05, 0.1) is 7.11 Å². The fourth-order valence-electron chi connectivity index (χ4n) is 2.59. The molecule has 0 spiro atoms. The van der Waals surface area contributed by atoms with Gasteiger partial charge in [-0.25, -0.2) is 9.59 Å². The van der Waals surface area contributed by atoms with E-state index in [2.05, 4.69) is 10.6 Å². The van der Waals surface area contributed by atoms with Crippen molar-refractivity contribution in [2.45, 2.75) is 25.3 Å². The molecule has 0 aliphatic carbocycles. The highest BCUT2D eigenvalue weighted by Crippen LogP contribution is 2.10. The fourth-order valence-corrected chi connectivity index (χ4v) is 2.59. The van der Waals surface area contributed by atoms with Gasteiger partial charge in [0.15, 0.2) is 0 Å². The summed E-state index contributed by atoms with van der Waals surface area (Å²) < 4.78 is 4.72. The molecule has 1 heterocycles. The van der Waals surface area contributed by atoms with Crippen molar-refractivity contribution in [1.29, 1.82) is 0 Å². The summed E-state index contributed by atoms with van der Waals surface area (Å²) >= 11 is 0. The lowest BCUT2D eigenvalue weighted by molar-refractivity contribution is 0.108. The largest absolute Gasteiger partial charge is 0.453 e. The van der Waals surface area contributed by atoms with Crippen LogP contribution >= 0.6 is 0 Å². The number of nitrogens with zero attached hydrogens (tertiary/aromatic N) is 1. The predicted octanol–water partition coefficient (Wildman–Crippen LogP) is 1.76. The third-order valence-electron chi connectivity index (χ3n) is 3.73. The second-order valence-electron chi connectivity index (χ2n) is 5.39. The molecule has 0 bridgehead atoms. The van der Waals surface area contributed by atoms with E-state index in [4.69, 9.17) is 4.74 Å². The molecule has 1 aromatic rings. The molecule has 22 heavy (non-hydrogen) atoms. The number of nitrogens with one attached hydrogen (secondary N) is 2. The van der Waals surface area contributed by atoms with Crippen LogP contribution in [0.3, 0.4) is 0 Å². The van der Waals surface area contributed by atoms with Crippen molar-refractivity contribution in [3.05, 3.63) is 35.9 Å². The van der Waals surface area contributed by atoms with E-state index in [0.717, 1.165) is 19.3 Å². The van der Waals surface area contributed by atoms with Crippen molar-refractivity contribution in [2.75, 3.05) is 26.7 Å². The molecule has 1 aliphatic rings. The molecule has 0 saturated carbocycles. The summed E-state index contributed by atoms with van der Waals surface area (Å²) in [4.78, 5) is 25.0. The Kier molecular flexibility index (Phi) is 6.06. The first-order valence-corrected chi connectivity index (χ1v) is 7.60. The number of carbonyl (C=O) groups excluding carboxylic acids is 2. The number of hydrogen-bond acceptors (Lipinski definition) is 3. The average Bonchev–Trinajstić information content (AvgIpc) is 2.55. The van der Waals surface area contributed by atoms with Crippen molar-refractivity contribution >= 4 is 12.1 Å². The highest BCUT2D eigenvalue weighted by Gasteiger charge is 2.24. The van der Waals surface area contributed by atoms with Crippen LogP contribution in [0.1, 0.15) is 18.4 Å². The number of carbonyl (C=O) groups is 2. The maximum atomic E-state index is 11.9. The lowest BCUT2D eigenvalue weighted by Crippen LogP contribution is -2.52. The molecule has 6 nitrogen and oxygen atoms in total. The normalized spacial score (nSPS) is 17.7. The molecule has 1 saturated heterocycles. The van der Waals surface area contributed by atoms with Crippen molar-refractivity contribution in [2.24, 2.45) is 0 Å². The van der Waals surface area contributed by atoms with Crippen LogP contribution < -0.4 is 10.6 Å². The Hall–Kier alpha value is -2.24. The number of piperidine rings is 1. The fraction of sp³-hybridized carbons (Fsp3) is 0.500. The second kappa shape index (κ2) is 8.26. The molecular formula is C16H23N3O3. The average molecular weight is 305 g/mol. The molecule has 2 N–H and O–H groups in total. The summed E-state index contributed by atoms with van der Waals surface area (Å²) in [6.07, 6.45) is 2.20. The van der Waals surface area contributed by atoms with Crippen LogP contribution in [0, 0.1) is 0 Å². The minimum atomic E-state index is -0.337. The van der Waals surface area contributed by atoms with Crippen LogP contribution in [0.25, 0.3) is 0 Å². The zero-order valence-corrected chi connectivity index (χ0v) is 12.9. The minimum absolute atomic E-state index is 0.0235. The third-order valence-corrected chi connectivity index (χ3v) is 3.73. The Bertz CT molecular complexity index is 493. The van der Waals surface area contributed by atoms with Gasteiger partial charge in [-0.15, -0.1) is 0 Å². The third kappa shape index (κ3) is 4.95. The predicted molar refractivity (Wildman–Crippen MR) is 83.7 cm³/mol. The van der Waals surface area contributed by atoms with Crippen LogP contribution in [0.4, 0.5) is 9.59 Å². The number of hydrogen-bond donors (Lipinski definition) is 2. The Morgan fingerprint density at radius 2 is 2.09 bits per heavy atom. The SMILES string of the molecule is COC(=O)N1CCC[C@H](NC(=O)NCCc2ccccc2)C1. The Balaban J connectivity index is 1.69. The molecule has 120 valence electrons. The first-order valence-electron chi connectivity index (χ1n) is 7.60. The van der Waals surface area contributed by atoms with Gasteiger partial charge in [-0.05, 0) is 24.8 Å². The molecule has 1 atom stereocenters. The van der Waals surface area contributed by atoms with Gasteiger partial charge in [-0.2, -0.15) is 0 Å². The molecule has 2 rings (SSSR count). The van der Waals surface area contributed by atoms with E-state index in [-0.39, 0.29) is 18.2 Å². The van der Waals surface area contributed by atoms with Gasteiger partial charge >= 0.3 is 12.1 Å². The molecule has 1 fully saturated rings. The Labute approximate surface area is 130 Å². The first-order chi connectivity index (χ1) is 10.7. The van der Waals surface area contributed by atoms with E-state index < -0.39 is 0 Å². The summed E-state index contributed by atoms with van der Waals surface area (Å²) in [5.41, 5.74) is 1.19. The van der Waals surface area contributed by atoms with Gasteiger partial charge in [0, 0.05) is 25.7 Å². The van der Waals surface area contributed by atoms with Gasteiger partial charge in [0.1, 0.15) is 0 Å². The number of methoxy groups -OCH3 is 1. The lowest BCUT2D eigenvalue weighted by atomic mass is 10.1. The molecule has 1 aromatic carbocycles. The molecule has 1 aliphatic heterocycles. The summed E-state index contributed by atoms with van der Waals surface area (Å²) in [5, 5.41) is 5.77. The van der Waals surface area contributed by atoms with Crippen LogP contribution in [-0.2, 0) is 11.2 Å². The van der Waals surface area contributed by atoms with Gasteiger partial charge in [-0.1, -0.05) is 30.3 Å². The van der Waals surface area contributed by atoms with Gasteiger partial charge in [0.25, 0.3) is 0 Å². The topological polar surface area (TPSA) is 70.7 Å². The zero-order valence-electron chi connectivity index (χ0n) is 12.9. The quantitative estimate of drug-likeness (QED) is 0.890. The number of amides is 3. The van der Waals surface area contributed by atoms with Crippen LogP contribution in [0.15, 0.2) is 30.3 Å².